The highest BCUT2D eigenvalue weighted by Gasteiger charge is 2.19. The number of nitrogens with one attached hydrogen (secondary N) is 2. The van der Waals surface area contributed by atoms with Crippen molar-refractivity contribution in [2.75, 3.05) is 39.3 Å². The molecule has 0 rings (SSSR count). The molecule has 0 aromatic carbocycles. The van der Waals surface area contributed by atoms with E-state index in [0.29, 0.717) is 31.6 Å². The molecule has 0 aliphatic rings. The monoisotopic (exact) mass is 576 g/mol. The van der Waals surface area contributed by atoms with Gasteiger partial charge in [-0.2, -0.15) is 0 Å². The Morgan fingerprint density at radius 1 is 0.684 bits per heavy atom. The first-order valence-electron chi connectivity index (χ1n) is 14.2. The summed E-state index contributed by atoms with van der Waals surface area (Å²) in [4.78, 5) is 47.3. The maximum Gasteiger partial charge on any atom is 0.305 e. The van der Waals surface area contributed by atoms with E-state index in [1.165, 1.54) is 14.2 Å². The molecule has 0 aliphatic heterocycles. The average molecular weight is 577 g/mol. The molecule has 2 N–H and O–H groups in total. The van der Waals surface area contributed by atoms with Gasteiger partial charge < -0.3 is 20.1 Å². The normalized spacial score (nSPS) is 12.5. The van der Waals surface area contributed by atoms with Crippen LogP contribution in [0.1, 0.15) is 103 Å². The van der Waals surface area contributed by atoms with Crippen LogP contribution in [0.2, 0.25) is 0 Å². The summed E-state index contributed by atoms with van der Waals surface area (Å²) in [6.45, 7) is 2.73. The van der Waals surface area contributed by atoms with Gasteiger partial charge in [-0.15, -0.1) is 0 Å². The van der Waals surface area contributed by atoms with Crippen molar-refractivity contribution in [3.63, 3.8) is 0 Å². The van der Waals surface area contributed by atoms with Gasteiger partial charge in [-0.05, 0) is 39.2 Å². The number of rotatable bonds is 26. The number of esters is 2. The summed E-state index contributed by atoms with van der Waals surface area (Å²) in [5, 5.41) is 6.20. The molecule has 8 nitrogen and oxygen atoms in total. The van der Waals surface area contributed by atoms with Gasteiger partial charge in [-0.3, -0.25) is 19.2 Å². The highest BCUT2D eigenvalue weighted by atomic mass is 33.1. The van der Waals surface area contributed by atoms with E-state index in [1.807, 2.05) is 14.0 Å². The summed E-state index contributed by atoms with van der Waals surface area (Å²) >= 11 is 0. The van der Waals surface area contributed by atoms with E-state index in [0.717, 1.165) is 82.8 Å². The van der Waals surface area contributed by atoms with Gasteiger partial charge in [0.05, 0.1) is 20.3 Å². The number of unbranched alkanes of at least 4 members (excludes halogenated alkanes) is 9. The lowest BCUT2D eigenvalue weighted by atomic mass is 10.0. The number of carbonyl (C=O) groups excluding carboxylic acids is 4. The fraction of sp³-hybridized carbons (Fsp3) is 0.857. The Kier molecular flexibility index (Phi) is 25.1. The van der Waals surface area contributed by atoms with Crippen molar-refractivity contribution in [3.05, 3.63) is 0 Å². The predicted molar refractivity (Wildman–Crippen MR) is 158 cm³/mol. The smallest absolute Gasteiger partial charge is 0.305 e. The lowest BCUT2D eigenvalue weighted by Crippen LogP contribution is -2.36. The van der Waals surface area contributed by atoms with Gasteiger partial charge in [-0.25, -0.2) is 0 Å². The molecule has 0 saturated carbocycles. The summed E-state index contributed by atoms with van der Waals surface area (Å²) in [6.07, 6.45) is 13.2. The van der Waals surface area contributed by atoms with Crippen molar-refractivity contribution in [3.8, 4) is 0 Å². The molecule has 2 unspecified atom stereocenters. The first-order chi connectivity index (χ1) is 18.4. The number of hydrogen-bond acceptors (Lipinski definition) is 9. The average Bonchev–Trinajstić information content (AvgIpc) is 2.92. The molecule has 0 bridgehead atoms. The third-order valence-corrected chi connectivity index (χ3v) is 9.05. The molecule has 0 heterocycles. The Hall–Kier alpha value is -1.26. The zero-order valence-electron chi connectivity index (χ0n) is 24.1. The van der Waals surface area contributed by atoms with Crippen LogP contribution in [0.15, 0.2) is 0 Å². The lowest BCUT2D eigenvalue weighted by Gasteiger charge is -2.17. The molecular formula is C28H52N2O6S2. The van der Waals surface area contributed by atoms with Gasteiger partial charge in [0.25, 0.3) is 0 Å². The fourth-order valence-electron chi connectivity index (χ4n) is 3.90. The number of likely N-dealkylation sites (N-methyl/N-ethyl adjacent to an activating group) is 1. The van der Waals surface area contributed by atoms with Crippen molar-refractivity contribution in [2.45, 2.75) is 109 Å². The maximum absolute atomic E-state index is 12.6. The van der Waals surface area contributed by atoms with E-state index in [-0.39, 0.29) is 35.6 Å². The van der Waals surface area contributed by atoms with Gasteiger partial charge in [-0.1, -0.05) is 73.5 Å². The summed E-state index contributed by atoms with van der Waals surface area (Å²) < 4.78 is 9.28. The summed E-state index contributed by atoms with van der Waals surface area (Å²) in [7, 11) is 7.99. The molecule has 222 valence electrons. The molecule has 0 radical (unpaired) electrons. The third kappa shape index (κ3) is 20.7. The van der Waals surface area contributed by atoms with Gasteiger partial charge >= 0.3 is 11.9 Å². The standard InChI is InChI=1S/C28H52N2O6S2/c1-5-23(28(34)30-20-16-12-8-11-15-19-27(33)36-4)21-37-38-22-24(29-2)25(31)17-13-9-6-7-10-14-18-26(32)35-3/h23-24,29H,5-22H2,1-4H3,(H,30,34). The summed E-state index contributed by atoms with van der Waals surface area (Å²) in [6, 6.07) is -0.158. The molecule has 38 heavy (non-hydrogen) atoms. The van der Waals surface area contributed by atoms with Crippen molar-refractivity contribution >= 4 is 45.2 Å². The SMILES string of the molecule is CCC(CSSCC(NC)C(=O)CCCCCCCCC(=O)OC)C(=O)NCCCCCCCC(=O)OC. The Labute approximate surface area is 238 Å². The number of methoxy groups -OCH3 is 2. The van der Waals surface area contributed by atoms with Crippen LogP contribution in [-0.2, 0) is 28.7 Å². The molecule has 0 saturated heterocycles. The van der Waals surface area contributed by atoms with Crippen LogP contribution in [-0.4, -0.2) is 69.0 Å². The predicted octanol–water partition coefficient (Wildman–Crippen LogP) is 5.47. The summed E-state index contributed by atoms with van der Waals surface area (Å²) in [5.74, 6) is 1.47. The van der Waals surface area contributed by atoms with E-state index in [1.54, 1.807) is 21.6 Å². The number of hydrogen-bond donors (Lipinski definition) is 2. The minimum absolute atomic E-state index is 0.0242. The Balaban J connectivity index is 3.89. The van der Waals surface area contributed by atoms with Crippen LogP contribution in [0, 0.1) is 5.92 Å². The third-order valence-electron chi connectivity index (χ3n) is 6.55. The highest BCUT2D eigenvalue weighted by Crippen LogP contribution is 2.26. The van der Waals surface area contributed by atoms with Gasteiger partial charge in [0.1, 0.15) is 0 Å². The van der Waals surface area contributed by atoms with E-state index < -0.39 is 0 Å². The van der Waals surface area contributed by atoms with Crippen molar-refractivity contribution < 1.29 is 28.7 Å². The lowest BCUT2D eigenvalue weighted by molar-refractivity contribution is -0.141. The Morgan fingerprint density at radius 2 is 1.16 bits per heavy atom. The first-order valence-corrected chi connectivity index (χ1v) is 16.7. The minimum atomic E-state index is -0.158. The van der Waals surface area contributed by atoms with E-state index in [9.17, 15) is 19.2 Å². The molecular weight excluding hydrogens is 524 g/mol. The molecule has 2 atom stereocenters. The molecule has 0 aliphatic carbocycles. The Bertz CT molecular complexity index is 597. The van der Waals surface area contributed by atoms with Crippen LogP contribution in [0.3, 0.4) is 0 Å². The summed E-state index contributed by atoms with van der Waals surface area (Å²) in [5.41, 5.74) is 0. The van der Waals surface area contributed by atoms with Crippen LogP contribution < -0.4 is 10.6 Å². The molecule has 0 fully saturated rings. The number of Topliss-reactive ketones (excluding diaryl/α,β-unsaturated/α-hetero) is 1. The molecule has 0 aromatic heterocycles. The highest BCUT2D eigenvalue weighted by molar-refractivity contribution is 8.76. The van der Waals surface area contributed by atoms with Crippen LogP contribution in [0.5, 0.6) is 0 Å². The molecule has 0 spiro atoms. The van der Waals surface area contributed by atoms with E-state index in [4.69, 9.17) is 0 Å². The number of amides is 1. The molecule has 10 heteroatoms. The van der Waals surface area contributed by atoms with Crippen LogP contribution in [0.4, 0.5) is 0 Å². The zero-order chi connectivity index (χ0) is 28.4. The second-order valence-corrected chi connectivity index (χ2v) is 12.1. The molecule has 0 aromatic rings. The minimum Gasteiger partial charge on any atom is -0.469 e. The number of ether oxygens (including phenoxy) is 2. The first kappa shape index (κ1) is 36.7. The van der Waals surface area contributed by atoms with Crippen molar-refractivity contribution in [1.82, 2.24) is 10.6 Å². The number of ketones is 1. The van der Waals surface area contributed by atoms with Crippen LogP contribution in [0.25, 0.3) is 0 Å². The topological polar surface area (TPSA) is 111 Å². The van der Waals surface area contributed by atoms with Gasteiger partial charge in [0.15, 0.2) is 5.78 Å². The maximum atomic E-state index is 12.6. The zero-order valence-corrected chi connectivity index (χ0v) is 25.8. The van der Waals surface area contributed by atoms with Crippen LogP contribution >= 0.6 is 21.6 Å². The Morgan fingerprint density at radius 3 is 1.66 bits per heavy atom. The van der Waals surface area contributed by atoms with E-state index in [2.05, 4.69) is 20.1 Å². The molecule has 1 amide bonds. The van der Waals surface area contributed by atoms with Crippen molar-refractivity contribution in [2.24, 2.45) is 5.92 Å². The van der Waals surface area contributed by atoms with Gasteiger partial charge in [0, 0.05) is 43.2 Å². The van der Waals surface area contributed by atoms with E-state index >= 15 is 0 Å². The van der Waals surface area contributed by atoms with Crippen molar-refractivity contribution in [1.29, 1.82) is 0 Å². The second kappa shape index (κ2) is 26.0. The largest absolute Gasteiger partial charge is 0.469 e. The van der Waals surface area contributed by atoms with Gasteiger partial charge in [0.2, 0.25) is 5.91 Å². The second-order valence-electron chi connectivity index (χ2n) is 9.56. The quantitative estimate of drug-likeness (QED) is 0.0786. The fourth-order valence-corrected chi connectivity index (χ4v) is 6.61. The number of carbonyl (C=O) groups is 4.